The van der Waals surface area contributed by atoms with Gasteiger partial charge in [-0.1, -0.05) is 89.5 Å². The lowest BCUT2D eigenvalue weighted by Gasteiger charge is -2.26. The van der Waals surface area contributed by atoms with Crippen LogP contribution in [0.5, 0.6) is 5.75 Å². The van der Waals surface area contributed by atoms with Crippen molar-refractivity contribution in [1.29, 1.82) is 0 Å². The van der Waals surface area contributed by atoms with Gasteiger partial charge >= 0.3 is 0 Å². The molecule has 3 aromatic rings. The smallest absolute Gasteiger partial charge is 0.131 e. The van der Waals surface area contributed by atoms with Gasteiger partial charge in [0.25, 0.3) is 0 Å². The van der Waals surface area contributed by atoms with Crippen molar-refractivity contribution in [3.8, 4) is 5.75 Å². The van der Waals surface area contributed by atoms with Crippen LogP contribution in [0.15, 0.2) is 60.7 Å². The maximum Gasteiger partial charge on any atom is 0.131 e. The highest BCUT2D eigenvalue weighted by molar-refractivity contribution is 7.55. The van der Waals surface area contributed by atoms with Crippen molar-refractivity contribution in [1.82, 2.24) is 0 Å². The van der Waals surface area contributed by atoms with E-state index in [-0.39, 0.29) is 12.0 Å². The number of benzene rings is 3. The molecule has 3 heteroatoms. The molecule has 0 bridgehead atoms. The fourth-order valence-corrected chi connectivity index (χ4v) is 4.82. The number of hydrogen-bond donors (Lipinski definition) is 1. The van der Waals surface area contributed by atoms with E-state index in [9.17, 15) is 5.11 Å². The lowest BCUT2D eigenvalue weighted by Crippen LogP contribution is -2.20. The van der Waals surface area contributed by atoms with Crippen molar-refractivity contribution in [2.24, 2.45) is 0 Å². The molecule has 1 atom stereocenters. The van der Waals surface area contributed by atoms with E-state index in [1.807, 2.05) is 18.2 Å². The Kier molecular flexibility index (Phi) is 6.77. The summed E-state index contributed by atoms with van der Waals surface area (Å²) in [4.78, 5) is 0. The average Bonchev–Trinajstić information content (AvgIpc) is 2.68. The summed E-state index contributed by atoms with van der Waals surface area (Å²) in [6, 6.07) is 21.1. The summed E-state index contributed by atoms with van der Waals surface area (Å²) >= 11 is 0. The fourth-order valence-electron chi connectivity index (χ4n) is 3.43. The standard InChI is InChI=1S/C26H31O2P/c1-18-11-12-23(21(13-18)16-27)29-24-15-19(2)14-22(26(3,4)5)25(24)28-17-20-9-7-6-8-10-20/h6-15,27,29H,16-17H2,1-5H3. The SMILES string of the molecule is Cc1ccc(Pc2cc(C)cc(C(C)(C)C)c2OCc2ccccc2)c(CO)c1. The van der Waals surface area contributed by atoms with Crippen molar-refractivity contribution >= 4 is 19.2 Å². The zero-order valence-corrected chi connectivity index (χ0v) is 19.0. The Morgan fingerprint density at radius 1 is 0.862 bits per heavy atom. The minimum atomic E-state index is -0.0235. The molecule has 0 saturated carbocycles. The number of hydrogen-bond acceptors (Lipinski definition) is 2. The lowest BCUT2D eigenvalue weighted by molar-refractivity contribution is 0.283. The summed E-state index contributed by atoms with van der Waals surface area (Å²) in [7, 11) is 0.432. The van der Waals surface area contributed by atoms with E-state index >= 15 is 0 Å². The minimum Gasteiger partial charge on any atom is -0.488 e. The van der Waals surface area contributed by atoms with Gasteiger partial charge in [0.15, 0.2) is 0 Å². The summed E-state index contributed by atoms with van der Waals surface area (Å²) in [5, 5.41) is 12.2. The predicted octanol–water partition coefficient (Wildman–Crippen LogP) is 5.30. The zero-order valence-electron chi connectivity index (χ0n) is 18.0. The maximum atomic E-state index is 9.85. The van der Waals surface area contributed by atoms with Gasteiger partial charge in [0.2, 0.25) is 0 Å². The van der Waals surface area contributed by atoms with Crippen LogP contribution < -0.4 is 15.3 Å². The first kappa shape index (κ1) is 21.6. The van der Waals surface area contributed by atoms with Gasteiger partial charge in [0, 0.05) is 10.9 Å². The van der Waals surface area contributed by atoms with Crippen LogP contribution >= 0.6 is 8.58 Å². The Morgan fingerprint density at radius 2 is 1.59 bits per heavy atom. The summed E-state index contributed by atoms with van der Waals surface area (Å²) < 4.78 is 6.45. The molecule has 0 heterocycles. The first-order chi connectivity index (χ1) is 13.8. The van der Waals surface area contributed by atoms with Gasteiger partial charge in [-0.3, -0.25) is 0 Å². The summed E-state index contributed by atoms with van der Waals surface area (Å²) in [6.45, 7) is 11.5. The van der Waals surface area contributed by atoms with Crippen molar-refractivity contribution in [3.05, 3.63) is 88.5 Å². The van der Waals surface area contributed by atoms with Crippen LogP contribution in [0.2, 0.25) is 0 Å². The van der Waals surface area contributed by atoms with Gasteiger partial charge < -0.3 is 9.84 Å². The monoisotopic (exact) mass is 406 g/mol. The average molecular weight is 407 g/mol. The molecular weight excluding hydrogens is 375 g/mol. The predicted molar refractivity (Wildman–Crippen MR) is 125 cm³/mol. The van der Waals surface area contributed by atoms with E-state index in [0.717, 1.165) is 16.9 Å². The van der Waals surface area contributed by atoms with E-state index in [1.165, 1.54) is 27.3 Å². The van der Waals surface area contributed by atoms with Crippen LogP contribution in [0.3, 0.4) is 0 Å². The summed E-state index contributed by atoms with van der Waals surface area (Å²) in [6.07, 6.45) is 0. The Labute approximate surface area is 176 Å². The number of aliphatic hydroxyl groups is 1. The molecule has 0 radical (unpaired) electrons. The number of rotatable bonds is 6. The third-order valence-corrected chi connectivity index (χ3v) is 6.37. The highest BCUT2D eigenvalue weighted by Gasteiger charge is 2.23. The Morgan fingerprint density at radius 3 is 2.24 bits per heavy atom. The molecule has 0 aliphatic carbocycles. The van der Waals surface area contributed by atoms with Crippen LogP contribution in [0.4, 0.5) is 0 Å². The molecule has 0 aliphatic heterocycles. The number of aryl methyl sites for hydroxylation is 2. The van der Waals surface area contributed by atoms with E-state index < -0.39 is 0 Å². The summed E-state index contributed by atoms with van der Waals surface area (Å²) in [5.41, 5.74) is 5.77. The van der Waals surface area contributed by atoms with E-state index in [0.29, 0.717) is 15.2 Å². The van der Waals surface area contributed by atoms with E-state index in [2.05, 4.69) is 77.1 Å². The van der Waals surface area contributed by atoms with Crippen molar-refractivity contribution < 1.29 is 9.84 Å². The number of aliphatic hydroxyl groups excluding tert-OH is 1. The van der Waals surface area contributed by atoms with Crippen LogP contribution in [0.1, 0.15) is 48.6 Å². The molecule has 152 valence electrons. The molecule has 3 aromatic carbocycles. The largest absolute Gasteiger partial charge is 0.488 e. The van der Waals surface area contributed by atoms with Gasteiger partial charge in [-0.15, -0.1) is 0 Å². The minimum absolute atomic E-state index is 0.0235. The first-order valence-corrected chi connectivity index (χ1v) is 11.1. The second-order valence-electron chi connectivity index (χ2n) is 8.66. The van der Waals surface area contributed by atoms with Gasteiger partial charge in [-0.25, -0.2) is 0 Å². The molecular formula is C26H31O2P. The molecule has 0 amide bonds. The Balaban J connectivity index is 2.04. The molecule has 0 aromatic heterocycles. The highest BCUT2D eigenvalue weighted by Crippen LogP contribution is 2.35. The van der Waals surface area contributed by atoms with Crippen molar-refractivity contribution in [2.75, 3.05) is 0 Å². The first-order valence-electron chi connectivity index (χ1n) is 10.1. The molecule has 0 aliphatic rings. The molecule has 1 unspecified atom stereocenters. The van der Waals surface area contributed by atoms with Crippen LogP contribution in [-0.2, 0) is 18.6 Å². The molecule has 0 spiro atoms. The Hall–Kier alpha value is -2.15. The second kappa shape index (κ2) is 9.11. The molecule has 1 N–H and O–H groups in total. The van der Waals surface area contributed by atoms with Crippen LogP contribution in [0, 0.1) is 13.8 Å². The highest BCUT2D eigenvalue weighted by atomic mass is 31.1. The van der Waals surface area contributed by atoms with Crippen LogP contribution in [0.25, 0.3) is 0 Å². The maximum absolute atomic E-state index is 9.85. The normalized spacial score (nSPS) is 11.9. The van der Waals surface area contributed by atoms with Crippen molar-refractivity contribution in [2.45, 2.75) is 53.2 Å². The summed E-state index contributed by atoms with van der Waals surface area (Å²) in [5.74, 6) is 0.981. The zero-order chi connectivity index (χ0) is 21.0. The van der Waals surface area contributed by atoms with Crippen LogP contribution in [-0.4, -0.2) is 5.11 Å². The van der Waals surface area contributed by atoms with Gasteiger partial charge in [-0.2, -0.15) is 0 Å². The Bertz CT molecular complexity index is 972. The topological polar surface area (TPSA) is 29.5 Å². The molecule has 0 fully saturated rings. The van der Waals surface area contributed by atoms with E-state index in [4.69, 9.17) is 4.74 Å². The molecule has 2 nitrogen and oxygen atoms in total. The molecule has 29 heavy (non-hydrogen) atoms. The third-order valence-electron chi connectivity index (χ3n) is 4.97. The lowest BCUT2D eigenvalue weighted by atomic mass is 9.85. The second-order valence-corrected chi connectivity index (χ2v) is 9.98. The quantitative estimate of drug-likeness (QED) is 0.563. The number of ether oxygens (including phenoxy) is 1. The fraction of sp³-hybridized carbons (Fsp3) is 0.308. The van der Waals surface area contributed by atoms with Gasteiger partial charge in [0.1, 0.15) is 12.4 Å². The molecule has 3 rings (SSSR count). The van der Waals surface area contributed by atoms with Crippen molar-refractivity contribution in [3.63, 3.8) is 0 Å². The molecule has 0 saturated heterocycles. The van der Waals surface area contributed by atoms with Gasteiger partial charge in [-0.05, 0) is 47.3 Å². The van der Waals surface area contributed by atoms with E-state index in [1.54, 1.807) is 0 Å². The third kappa shape index (κ3) is 5.47. The van der Waals surface area contributed by atoms with Gasteiger partial charge in [0.05, 0.1) is 6.61 Å².